The number of para-hydroxylation sites is 1. The lowest BCUT2D eigenvalue weighted by Gasteiger charge is -2.14. The molecule has 5 heteroatoms. The molecule has 35 heavy (non-hydrogen) atoms. The van der Waals surface area contributed by atoms with E-state index >= 15 is 0 Å². The maximum atomic E-state index is 10.5. The van der Waals surface area contributed by atoms with Crippen LogP contribution in [0.1, 0.15) is 13.8 Å². The van der Waals surface area contributed by atoms with Crippen LogP contribution in [-0.2, 0) is 0 Å². The summed E-state index contributed by atoms with van der Waals surface area (Å²) in [7, 11) is 0. The molecule has 1 N–H and O–H groups in total. The zero-order valence-corrected chi connectivity index (χ0v) is 20.3. The van der Waals surface area contributed by atoms with Gasteiger partial charge in [0, 0.05) is 10.8 Å². The summed E-state index contributed by atoms with van der Waals surface area (Å²) in [4.78, 5) is 14.5. The van der Waals surface area contributed by atoms with E-state index in [2.05, 4.69) is 74.5 Å². The second-order valence-corrected chi connectivity index (χ2v) is 10.3. The van der Waals surface area contributed by atoms with Crippen LogP contribution in [0.4, 0.5) is 0 Å². The number of aromatic hydroxyl groups is 1. The lowest BCUT2D eigenvalue weighted by atomic mass is 9.93. The normalized spacial score (nSPS) is 11.6. The van der Waals surface area contributed by atoms with Gasteiger partial charge in [0.2, 0.25) is 0 Å². The predicted octanol–water partition coefficient (Wildman–Crippen LogP) is 7.87. The maximum absolute atomic E-state index is 10.5. The molecule has 170 valence electrons. The van der Waals surface area contributed by atoms with Crippen molar-refractivity contribution >= 4 is 44.1 Å². The minimum Gasteiger partial charge on any atom is -0.507 e. The highest BCUT2D eigenvalue weighted by Crippen LogP contribution is 2.38. The first-order valence-corrected chi connectivity index (χ1v) is 12.5. The van der Waals surface area contributed by atoms with E-state index in [4.69, 9.17) is 15.0 Å². The van der Waals surface area contributed by atoms with Gasteiger partial charge in [-0.15, -0.1) is 0 Å². The second-order valence-electron chi connectivity index (χ2n) is 8.80. The molecule has 0 aliphatic rings. The van der Waals surface area contributed by atoms with Gasteiger partial charge in [-0.25, -0.2) is 15.0 Å². The number of phenolic OH excluding ortho intramolecular Hbond substituents is 1. The van der Waals surface area contributed by atoms with Crippen LogP contribution in [0.2, 0.25) is 0 Å². The third-order valence-corrected chi connectivity index (χ3v) is 6.97. The first-order valence-electron chi connectivity index (χ1n) is 11.6. The van der Waals surface area contributed by atoms with Crippen LogP contribution in [-0.4, -0.2) is 25.3 Å². The summed E-state index contributed by atoms with van der Waals surface area (Å²) in [6.45, 7) is 4.23. The SMILES string of the molecule is CC(C)Sc1nc(-c2ccccc2O)nc(-c2cc3c4ccccc4ccc3c3ccccc23)n1. The first kappa shape index (κ1) is 21.6. The monoisotopic (exact) mass is 473 g/mol. The third-order valence-electron chi connectivity index (χ3n) is 6.11. The quantitative estimate of drug-likeness (QED) is 0.208. The molecule has 1 heterocycles. The molecule has 0 saturated heterocycles. The van der Waals surface area contributed by atoms with E-state index < -0.39 is 0 Å². The van der Waals surface area contributed by atoms with Crippen molar-refractivity contribution in [3.8, 4) is 28.5 Å². The Labute approximate surface area is 207 Å². The van der Waals surface area contributed by atoms with Crippen molar-refractivity contribution in [1.29, 1.82) is 0 Å². The molecule has 0 unspecified atom stereocenters. The largest absolute Gasteiger partial charge is 0.507 e. The van der Waals surface area contributed by atoms with Crippen LogP contribution in [0, 0.1) is 0 Å². The highest BCUT2D eigenvalue weighted by Gasteiger charge is 2.17. The topological polar surface area (TPSA) is 58.9 Å². The van der Waals surface area contributed by atoms with E-state index in [-0.39, 0.29) is 5.75 Å². The molecule has 4 nitrogen and oxygen atoms in total. The van der Waals surface area contributed by atoms with Crippen molar-refractivity contribution in [3.63, 3.8) is 0 Å². The van der Waals surface area contributed by atoms with Crippen molar-refractivity contribution in [2.24, 2.45) is 0 Å². The van der Waals surface area contributed by atoms with E-state index in [0.717, 1.165) is 16.3 Å². The molecule has 0 atom stereocenters. The fourth-order valence-corrected chi connectivity index (χ4v) is 5.27. The standard InChI is InChI=1S/C30H23N3OS/c1-18(2)35-30-32-28(24-13-7-8-14-27(24)34)31-29(33-30)26-17-25-20-10-4-3-9-19(20)15-16-23(25)21-11-5-6-12-22(21)26/h3-18,34H,1-2H3. The Morgan fingerprint density at radius 2 is 1.23 bits per heavy atom. The molecule has 0 fully saturated rings. The predicted molar refractivity (Wildman–Crippen MR) is 146 cm³/mol. The van der Waals surface area contributed by atoms with Crippen molar-refractivity contribution in [2.45, 2.75) is 24.3 Å². The highest BCUT2D eigenvalue weighted by atomic mass is 32.2. The minimum atomic E-state index is 0.152. The zero-order chi connectivity index (χ0) is 23.9. The molecule has 0 aliphatic carbocycles. The van der Waals surface area contributed by atoms with Gasteiger partial charge in [-0.3, -0.25) is 0 Å². The Hall–Kier alpha value is -3.96. The number of fused-ring (bicyclic) bond motifs is 5. The summed E-state index contributed by atoms with van der Waals surface area (Å²) in [6, 6.07) is 30.6. The molecule has 0 bridgehead atoms. The summed E-state index contributed by atoms with van der Waals surface area (Å²) in [5.41, 5.74) is 1.55. The first-order chi connectivity index (χ1) is 17.1. The van der Waals surface area contributed by atoms with Crippen LogP contribution < -0.4 is 0 Å². The molecule has 6 rings (SSSR count). The van der Waals surface area contributed by atoms with Gasteiger partial charge in [-0.05, 0) is 50.5 Å². The van der Waals surface area contributed by atoms with Crippen molar-refractivity contribution in [1.82, 2.24) is 15.0 Å². The lowest BCUT2D eigenvalue weighted by molar-refractivity contribution is 0.477. The number of nitrogens with zero attached hydrogens (tertiary/aromatic N) is 3. The van der Waals surface area contributed by atoms with E-state index in [1.54, 1.807) is 23.9 Å². The smallest absolute Gasteiger partial charge is 0.191 e. The van der Waals surface area contributed by atoms with Gasteiger partial charge in [0.15, 0.2) is 16.8 Å². The number of benzene rings is 5. The molecule has 5 aromatic carbocycles. The number of thioether (sulfide) groups is 1. The van der Waals surface area contributed by atoms with E-state index in [0.29, 0.717) is 27.6 Å². The van der Waals surface area contributed by atoms with Crippen LogP contribution in [0.3, 0.4) is 0 Å². The molecule has 0 amide bonds. The van der Waals surface area contributed by atoms with E-state index in [1.165, 1.54) is 21.5 Å². The number of hydrogen-bond acceptors (Lipinski definition) is 5. The highest BCUT2D eigenvalue weighted by molar-refractivity contribution is 7.99. The van der Waals surface area contributed by atoms with Gasteiger partial charge < -0.3 is 5.11 Å². The van der Waals surface area contributed by atoms with Crippen molar-refractivity contribution in [3.05, 3.63) is 91.0 Å². The molecule has 0 radical (unpaired) electrons. The fourth-order valence-electron chi connectivity index (χ4n) is 4.57. The average molecular weight is 474 g/mol. The van der Waals surface area contributed by atoms with Gasteiger partial charge >= 0.3 is 0 Å². The Bertz CT molecular complexity index is 1730. The summed E-state index contributed by atoms with van der Waals surface area (Å²) >= 11 is 1.59. The summed E-state index contributed by atoms with van der Waals surface area (Å²) in [5, 5.41) is 18.5. The molecule has 1 aromatic heterocycles. The van der Waals surface area contributed by atoms with Gasteiger partial charge in [0.1, 0.15) is 5.75 Å². The molecule has 0 aliphatic heterocycles. The lowest BCUT2D eigenvalue weighted by Crippen LogP contribution is -2.01. The number of aromatic nitrogens is 3. The Morgan fingerprint density at radius 3 is 2.00 bits per heavy atom. The Morgan fingerprint density at radius 1 is 0.600 bits per heavy atom. The van der Waals surface area contributed by atoms with Crippen LogP contribution in [0.15, 0.2) is 96.2 Å². The molecular formula is C30H23N3OS. The van der Waals surface area contributed by atoms with Gasteiger partial charge in [0.25, 0.3) is 0 Å². The van der Waals surface area contributed by atoms with E-state index in [9.17, 15) is 5.11 Å². The van der Waals surface area contributed by atoms with Gasteiger partial charge in [-0.2, -0.15) is 0 Å². The van der Waals surface area contributed by atoms with Crippen LogP contribution >= 0.6 is 11.8 Å². The summed E-state index contributed by atoms with van der Waals surface area (Å²) in [5.74, 6) is 1.23. The minimum absolute atomic E-state index is 0.152. The zero-order valence-electron chi connectivity index (χ0n) is 19.4. The summed E-state index contributed by atoms with van der Waals surface area (Å²) < 4.78 is 0. The van der Waals surface area contributed by atoms with Crippen molar-refractivity contribution < 1.29 is 5.11 Å². The second kappa shape index (κ2) is 8.67. The molecular weight excluding hydrogens is 450 g/mol. The number of phenols is 1. The van der Waals surface area contributed by atoms with Gasteiger partial charge in [0.05, 0.1) is 5.56 Å². The summed E-state index contributed by atoms with van der Waals surface area (Å²) in [6.07, 6.45) is 0. The Balaban J connectivity index is 1.69. The number of rotatable bonds is 4. The maximum Gasteiger partial charge on any atom is 0.191 e. The molecule has 0 saturated carbocycles. The van der Waals surface area contributed by atoms with Crippen LogP contribution in [0.25, 0.3) is 55.1 Å². The van der Waals surface area contributed by atoms with Crippen LogP contribution in [0.5, 0.6) is 5.75 Å². The van der Waals surface area contributed by atoms with E-state index in [1.807, 2.05) is 18.2 Å². The Kier molecular flexibility index (Phi) is 5.34. The molecule has 6 aromatic rings. The van der Waals surface area contributed by atoms with Gasteiger partial charge in [-0.1, -0.05) is 98.4 Å². The fraction of sp³-hybridized carbons (Fsp3) is 0.100. The molecule has 0 spiro atoms. The third kappa shape index (κ3) is 3.88. The van der Waals surface area contributed by atoms with Crippen molar-refractivity contribution in [2.75, 3.05) is 0 Å². The number of hydrogen-bond donors (Lipinski definition) is 1. The average Bonchev–Trinajstić information content (AvgIpc) is 2.87.